The summed E-state index contributed by atoms with van der Waals surface area (Å²) in [7, 11) is 3.25. The molecule has 1 aromatic rings. The van der Waals surface area contributed by atoms with E-state index in [4.69, 9.17) is 9.47 Å². The Morgan fingerprint density at radius 2 is 1.48 bits per heavy atom. The number of nitrogens with zero attached hydrogens (tertiary/aromatic N) is 1. The zero-order valence-electron chi connectivity index (χ0n) is 12.2. The normalized spacial score (nSPS) is 11.9. The molecule has 120 valence electrons. The van der Waals surface area contributed by atoms with Crippen LogP contribution < -0.4 is 4.74 Å². The molecule has 0 bridgehead atoms. The number of ether oxygens (including phenoxy) is 3. The number of methoxy groups -OCH3 is 2. The second-order valence-corrected chi connectivity index (χ2v) is 4.45. The van der Waals surface area contributed by atoms with Gasteiger partial charge < -0.3 is 14.2 Å². The maximum atomic E-state index is 12.1. The summed E-state index contributed by atoms with van der Waals surface area (Å²) in [4.78, 5) is 2.10. The quantitative estimate of drug-likeness (QED) is 0.702. The number of alkyl halides is 3. The molecule has 4 nitrogen and oxygen atoms in total. The highest BCUT2D eigenvalue weighted by atomic mass is 19.4. The minimum Gasteiger partial charge on any atom is -0.406 e. The van der Waals surface area contributed by atoms with E-state index in [-0.39, 0.29) is 5.75 Å². The standard InChI is InChI=1S/C14H20F3NO3/c1-19-9-7-18(8-10-20-2)11-12-3-5-13(6-4-12)21-14(15,16)17/h3-6H,7-11H2,1-2H3. The maximum absolute atomic E-state index is 12.1. The SMILES string of the molecule is COCCN(CCOC)Cc1ccc(OC(F)(F)F)cc1. The largest absolute Gasteiger partial charge is 0.573 e. The first-order chi connectivity index (χ1) is 9.94. The third-order valence-corrected chi connectivity index (χ3v) is 2.79. The molecule has 7 heteroatoms. The van der Waals surface area contributed by atoms with Crippen molar-refractivity contribution >= 4 is 0 Å². The van der Waals surface area contributed by atoms with Gasteiger partial charge in [0.25, 0.3) is 0 Å². The van der Waals surface area contributed by atoms with Crippen LogP contribution in [0.25, 0.3) is 0 Å². The molecule has 0 atom stereocenters. The topological polar surface area (TPSA) is 30.9 Å². The van der Waals surface area contributed by atoms with Crippen molar-refractivity contribution in [2.45, 2.75) is 12.9 Å². The van der Waals surface area contributed by atoms with Crippen molar-refractivity contribution in [2.75, 3.05) is 40.5 Å². The lowest BCUT2D eigenvalue weighted by Crippen LogP contribution is -2.30. The molecule has 0 radical (unpaired) electrons. The lowest BCUT2D eigenvalue weighted by atomic mass is 10.2. The Kier molecular flexibility index (Phi) is 7.49. The molecule has 0 N–H and O–H groups in total. The van der Waals surface area contributed by atoms with Crippen LogP contribution in [-0.2, 0) is 16.0 Å². The second-order valence-electron chi connectivity index (χ2n) is 4.45. The van der Waals surface area contributed by atoms with Crippen LogP contribution in [0.4, 0.5) is 13.2 Å². The highest BCUT2D eigenvalue weighted by Gasteiger charge is 2.30. The molecule has 0 fully saturated rings. The third-order valence-electron chi connectivity index (χ3n) is 2.79. The van der Waals surface area contributed by atoms with Crippen LogP contribution in [0.1, 0.15) is 5.56 Å². The first-order valence-electron chi connectivity index (χ1n) is 6.49. The van der Waals surface area contributed by atoms with Crippen LogP contribution in [0, 0.1) is 0 Å². The first kappa shape index (κ1) is 17.7. The van der Waals surface area contributed by atoms with E-state index in [1.165, 1.54) is 12.1 Å². The summed E-state index contributed by atoms with van der Waals surface area (Å²) in [5.74, 6) is -0.216. The van der Waals surface area contributed by atoms with Crippen LogP contribution in [0.5, 0.6) is 5.75 Å². The Morgan fingerprint density at radius 1 is 0.952 bits per heavy atom. The van der Waals surface area contributed by atoms with Crippen LogP contribution in [-0.4, -0.2) is 51.8 Å². The summed E-state index contributed by atoms with van der Waals surface area (Å²) < 4.78 is 50.1. The predicted octanol–water partition coefficient (Wildman–Crippen LogP) is 2.68. The minimum atomic E-state index is -4.66. The van der Waals surface area contributed by atoms with Gasteiger partial charge in [0.2, 0.25) is 0 Å². The van der Waals surface area contributed by atoms with E-state index in [2.05, 4.69) is 9.64 Å². The first-order valence-corrected chi connectivity index (χ1v) is 6.49. The molecule has 1 rings (SSSR count). The highest BCUT2D eigenvalue weighted by molar-refractivity contribution is 5.27. The number of benzene rings is 1. The molecule has 0 aliphatic rings. The Balaban J connectivity index is 2.57. The predicted molar refractivity (Wildman–Crippen MR) is 72.2 cm³/mol. The van der Waals surface area contributed by atoms with Gasteiger partial charge in [-0.1, -0.05) is 12.1 Å². The molecule has 0 aromatic heterocycles. The summed E-state index contributed by atoms with van der Waals surface area (Å²) in [5.41, 5.74) is 0.900. The van der Waals surface area contributed by atoms with Gasteiger partial charge in [-0.25, -0.2) is 0 Å². The van der Waals surface area contributed by atoms with Gasteiger partial charge in [-0.15, -0.1) is 13.2 Å². The molecule has 0 unspecified atom stereocenters. The Bertz CT molecular complexity index is 387. The van der Waals surface area contributed by atoms with Gasteiger partial charge in [-0.2, -0.15) is 0 Å². The lowest BCUT2D eigenvalue weighted by molar-refractivity contribution is -0.274. The summed E-state index contributed by atoms with van der Waals surface area (Å²) >= 11 is 0. The highest BCUT2D eigenvalue weighted by Crippen LogP contribution is 2.23. The molecule has 0 heterocycles. The zero-order valence-corrected chi connectivity index (χ0v) is 12.2. The average molecular weight is 307 g/mol. The van der Waals surface area contributed by atoms with Gasteiger partial charge in [-0.3, -0.25) is 4.90 Å². The van der Waals surface area contributed by atoms with Crippen LogP contribution in [0.15, 0.2) is 24.3 Å². The van der Waals surface area contributed by atoms with Crippen molar-refractivity contribution in [1.29, 1.82) is 0 Å². The molecule has 0 amide bonds. The molecular weight excluding hydrogens is 287 g/mol. The summed E-state index contributed by atoms with van der Waals surface area (Å²) in [5, 5.41) is 0. The van der Waals surface area contributed by atoms with Gasteiger partial charge in [0.15, 0.2) is 0 Å². The van der Waals surface area contributed by atoms with E-state index in [0.717, 1.165) is 18.7 Å². The van der Waals surface area contributed by atoms with E-state index in [1.807, 2.05) is 0 Å². The minimum absolute atomic E-state index is 0.216. The fourth-order valence-electron chi connectivity index (χ4n) is 1.77. The number of hydrogen-bond acceptors (Lipinski definition) is 4. The molecule has 0 aliphatic heterocycles. The lowest BCUT2D eigenvalue weighted by Gasteiger charge is -2.21. The van der Waals surface area contributed by atoms with Crippen LogP contribution in [0.2, 0.25) is 0 Å². The fourth-order valence-corrected chi connectivity index (χ4v) is 1.77. The van der Waals surface area contributed by atoms with Gasteiger partial charge in [-0.05, 0) is 17.7 Å². The molecule has 0 saturated carbocycles. The zero-order chi connectivity index (χ0) is 15.7. The van der Waals surface area contributed by atoms with Crippen molar-refractivity contribution in [3.63, 3.8) is 0 Å². The van der Waals surface area contributed by atoms with Crippen molar-refractivity contribution in [3.8, 4) is 5.75 Å². The maximum Gasteiger partial charge on any atom is 0.573 e. The van der Waals surface area contributed by atoms with E-state index in [1.54, 1.807) is 26.4 Å². The Labute approximate surface area is 122 Å². The Morgan fingerprint density at radius 3 is 1.90 bits per heavy atom. The van der Waals surface area contributed by atoms with E-state index in [9.17, 15) is 13.2 Å². The summed E-state index contributed by atoms with van der Waals surface area (Å²) in [6, 6.07) is 5.86. The molecule has 1 aromatic carbocycles. The smallest absolute Gasteiger partial charge is 0.406 e. The molecule has 0 aliphatic carbocycles. The van der Waals surface area contributed by atoms with Crippen LogP contribution in [0.3, 0.4) is 0 Å². The van der Waals surface area contributed by atoms with E-state index < -0.39 is 6.36 Å². The number of rotatable bonds is 9. The number of halogens is 3. The van der Waals surface area contributed by atoms with Gasteiger partial charge in [0, 0.05) is 33.9 Å². The third kappa shape index (κ3) is 7.89. The van der Waals surface area contributed by atoms with Gasteiger partial charge in [0.05, 0.1) is 13.2 Å². The van der Waals surface area contributed by atoms with E-state index in [0.29, 0.717) is 19.8 Å². The monoisotopic (exact) mass is 307 g/mol. The van der Waals surface area contributed by atoms with Crippen molar-refractivity contribution in [2.24, 2.45) is 0 Å². The van der Waals surface area contributed by atoms with Gasteiger partial charge >= 0.3 is 6.36 Å². The molecular formula is C14H20F3NO3. The van der Waals surface area contributed by atoms with Crippen molar-refractivity contribution in [3.05, 3.63) is 29.8 Å². The molecule has 21 heavy (non-hydrogen) atoms. The van der Waals surface area contributed by atoms with Crippen LogP contribution >= 0.6 is 0 Å². The van der Waals surface area contributed by atoms with Crippen molar-refractivity contribution < 1.29 is 27.4 Å². The average Bonchev–Trinajstić information content (AvgIpc) is 2.42. The number of hydrogen-bond donors (Lipinski definition) is 0. The van der Waals surface area contributed by atoms with Crippen molar-refractivity contribution in [1.82, 2.24) is 4.90 Å². The second kappa shape index (κ2) is 8.86. The Hall–Kier alpha value is -1.31. The van der Waals surface area contributed by atoms with Gasteiger partial charge in [0.1, 0.15) is 5.75 Å². The molecule has 0 saturated heterocycles. The summed E-state index contributed by atoms with van der Waals surface area (Å²) in [6.45, 7) is 3.22. The summed E-state index contributed by atoms with van der Waals surface area (Å²) in [6.07, 6.45) is -4.66. The fraction of sp³-hybridized carbons (Fsp3) is 0.571. The van der Waals surface area contributed by atoms with E-state index >= 15 is 0 Å². The molecule has 0 spiro atoms.